The second-order valence-electron chi connectivity index (χ2n) is 8.75. The Hall–Kier alpha value is -2.54. The Morgan fingerprint density at radius 3 is 2.53 bits per heavy atom. The zero-order chi connectivity index (χ0) is 22.8. The fourth-order valence-corrected chi connectivity index (χ4v) is 5.94. The fourth-order valence-electron chi connectivity index (χ4n) is 4.63. The van der Waals surface area contributed by atoms with E-state index in [4.69, 9.17) is 9.47 Å². The summed E-state index contributed by atoms with van der Waals surface area (Å²) in [5.74, 6) is 2.04. The number of likely N-dealkylation sites (tertiary alicyclic amines) is 1. The number of rotatable bonds is 6. The van der Waals surface area contributed by atoms with Gasteiger partial charge >= 0.3 is 0 Å². The minimum absolute atomic E-state index is 0. The molecule has 2 N–H and O–H groups in total. The van der Waals surface area contributed by atoms with Gasteiger partial charge in [0.15, 0.2) is 0 Å². The lowest BCUT2D eigenvalue weighted by molar-refractivity contribution is 0.190. The molecule has 2 aliphatic rings. The highest BCUT2D eigenvalue weighted by Crippen LogP contribution is 2.54. The molecule has 3 aromatic rings. The van der Waals surface area contributed by atoms with Crippen LogP contribution in [0.1, 0.15) is 42.2 Å². The van der Waals surface area contributed by atoms with E-state index in [1.54, 1.807) is 42.1 Å². The molecule has 0 radical (unpaired) electrons. The molecule has 0 saturated carbocycles. The van der Waals surface area contributed by atoms with Crippen LogP contribution < -0.4 is 9.47 Å². The van der Waals surface area contributed by atoms with Crippen LogP contribution in [0.5, 0.6) is 23.0 Å². The van der Waals surface area contributed by atoms with Crippen LogP contribution in [0, 0.1) is 0 Å². The highest BCUT2D eigenvalue weighted by Gasteiger charge is 2.34. The smallest absolute Gasteiger partial charge is 0.140 e. The van der Waals surface area contributed by atoms with Crippen LogP contribution in [0.4, 0.5) is 0 Å². The van der Waals surface area contributed by atoms with Gasteiger partial charge in [0.25, 0.3) is 0 Å². The molecule has 0 aromatic heterocycles. The summed E-state index contributed by atoms with van der Waals surface area (Å²) in [6.45, 7) is 5.08. The number of hydrogen-bond donors (Lipinski definition) is 2. The summed E-state index contributed by atoms with van der Waals surface area (Å²) in [4.78, 5) is 3.37. The number of hydrogen-bond acceptors (Lipinski definition) is 6. The van der Waals surface area contributed by atoms with Crippen molar-refractivity contribution in [1.82, 2.24) is 4.90 Å². The first-order valence-electron chi connectivity index (χ1n) is 11.5. The van der Waals surface area contributed by atoms with Gasteiger partial charge in [-0.25, -0.2) is 0 Å². The molecule has 0 aliphatic carbocycles. The van der Waals surface area contributed by atoms with Crippen molar-refractivity contribution >= 4 is 24.2 Å². The number of nitrogens with zero attached hydrogens (tertiary/aromatic N) is 1. The molecule has 1 fully saturated rings. The van der Waals surface area contributed by atoms with Gasteiger partial charge in [-0.3, -0.25) is 4.90 Å². The minimum Gasteiger partial charge on any atom is -0.508 e. The molecule has 0 amide bonds. The van der Waals surface area contributed by atoms with Gasteiger partial charge in [0, 0.05) is 12.6 Å². The van der Waals surface area contributed by atoms with Crippen molar-refractivity contribution < 1.29 is 19.7 Å². The Bertz CT molecular complexity index is 1110. The molecular weight excluding hydrogens is 470 g/mol. The fraction of sp³-hybridized carbons (Fsp3) is 0.333. The summed E-state index contributed by atoms with van der Waals surface area (Å²) in [5.41, 5.74) is 2.01. The van der Waals surface area contributed by atoms with E-state index in [1.165, 1.54) is 12.8 Å². The van der Waals surface area contributed by atoms with Crippen LogP contribution in [0.2, 0.25) is 0 Å². The zero-order valence-electron chi connectivity index (χ0n) is 19.1. The van der Waals surface area contributed by atoms with Crippen LogP contribution in [0.3, 0.4) is 0 Å². The standard InChI is InChI=1S/C27H29NO4S.ClH/c1-18-4-3-13-28(18)14-15-31-23-10-7-19(8-11-23)26-27(20-5-2-6-21(29)16-20)33-25-17-22(30)9-12-24(25)32-26;/h2,5-12,16-18,26-27,29-30H,3-4,13-15H2,1H3;1H/t18-,26-,27+;/m0./s1. The largest absolute Gasteiger partial charge is 0.508 e. The highest BCUT2D eigenvalue weighted by atomic mass is 35.5. The number of benzene rings is 3. The van der Waals surface area contributed by atoms with E-state index < -0.39 is 0 Å². The van der Waals surface area contributed by atoms with Crippen molar-refractivity contribution in [2.45, 2.75) is 42.1 Å². The normalized spacial score (nSPS) is 21.9. The van der Waals surface area contributed by atoms with Crippen molar-refractivity contribution in [3.05, 3.63) is 77.9 Å². The third-order valence-corrected chi connectivity index (χ3v) is 7.80. The van der Waals surface area contributed by atoms with E-state index in [0.29, 0.717) is 12.6 Å². The lowest BCUT2D eigenvalue weighted by Crippen LogP contribution is -2.31. The Labute approximate surface area is 211 Å². The maximum absolute atomic E-state index is 10.0. The molecule has 0 unspecified atom stereocenters. The van der Waals surface area contributed by atoms with E-state index in [1.807, 2.05) is 24.3 Å². The van der Waals surface area contributed by atoms with E-state index in [2.05, 4.69) is 24.0 Å². The molecule has 5 nitrogen and oxygen atoms in total. The Morgan fingerprint density at radius 2 is 1.79 bits per heavy atom. The summed E-state index contributed by atoms with van der Waals surface area (Å²) in [6.07, 6.45) is 2.31. The van der Waals surface area contributed by atoms with Crippen LogP contribution in [0.15, 0.2) is 71.6 Å². The predicted octanol–water partition coefficient (Wildman–Crippen LogP) is 6.35. The maximum Gasteiger partial charge on any atom is 0.140 e. The predicted molar refractivity (Wildman–Crippen MR) is 138 cm³/mol. The van der Waals surface area contributed by atoms with E-state index in [-0.39, 0.29) is 35.3 Å². The molecular formula is C27H30ClNO4S. The number of thioether (sulfide) groups is 1. The highest BCUT2D eigenvalue weighted by molar-refractivity contribution is 7.99. The second kappa shape index (κ2) is 10.8. The number of fused-ring (bicyclic) bond motifs is 1. The van der Waals surface area contributed by atoms with Crippen molar-refractivity contribution in [3.63, 3.8) is 0 Å². The van der Waals surface area contributed by atoms with Crippen molar-refractivity contribution in [2.24, 2.45) is 0 Å². The topological polar surface area (TPSA) is 62.2 Å². The Morgan fingerprint density at radius 1 is 1.00 bits per heavy atom. The number of phenolic OH excluding ortho intramolecular Hbond substituents is 2. The van der Waals surface area contributed by atoms with Crippen molar-refractivity contribution in [1.29, 1.82) is 0 Å². The Balaban J connectivity index is 0.00000274. The molecule has 2 heterocycles. The van der Waals surface area contributed by atoms with Crippen LogP contribution in [0.25, 0.3) is 0 Å². The third-order valence-electron chi connectivity index (χ3n) is 6.46. The molecule has 34 heavy (non-hydrogen) atoms. The SMILES string of the molecule is C[C@H]1CCCN1CCOc1ccc([C@@H]2Oc3ccc(O)cc3S[C@@H]2c2cccc(O)c2)cc1.Cl. The second-order valence-corrected chi connectivity index (χ2v) is 9.93. The first kappa shape index (κ1) is 24.6. The zero-order valence-corrected chi connectivity index (χ0v) is 20.7. The molecule has 3 aromatic carbocycles. The summed E-state index contributed by atoms with van der Waals surface area (Å²) < 4.78 is 12.4. The summed E-state index contributed by atoms with van der Waals surface area (Å²) in [6, 6.07) is 21.2. The maximum atomic E-state index is 10.0. The van der Waals surface area contributed by atoms with Crippen molar-refractivity contribution in [3.8, 4) is 23.0 Å². The molecule has 0 bridgehead atoms. The summed E-state index contributed by atoms with van der Waals surface area (Å²) >= 11 is 1.64. The van der Waals surface area contributed by atoms with E-state index in [0.717, 1.165) is 40.6 Å². The lowest BCUT2D eigenvalue weighted by Gasteiger charge is -2.34. The van der Waals surface area contributed by atoms with Gasteiger partial charge in [0.2, 0.25) is 0 Å². The van der Waals surface area contributed by atoms with Crippen LogP contribution >= 0.6 is 24.2 Å². The molecule has 3 atom stereocenters. The van der Waals surface area contributed by atoms with E-state index in [9.17, 15) is 10.2 Å². The quantitative estimate of drug-likeness (QED) is 0.412. The number of halogens is 1. The molecule has 1 saturated heterocycles. The average molecular weight is 500 g/mol. The van der Waals surface area contributed by atoms with Crippen LogP contribution in [-0.4, -0.2) is 40.9 Å². The van der Waals surface area contributed by atoms with Crippen LogP contribution in [-0.2, 0) is 0 Å². The van der Waals surface area contributed by atoms with Gasteiger partial charge in [0.05, 0.1) is 10.1 Å². The monoisotopic (exact) mass is 499 g/mol. The number of aromatic hydroxyl groups is 2. The summed E-state index contributed by atoms with van der Waals surface area (Å²) in [7, 11) is 0. The first-order chi connectivity index (χ1) is 16.1. The lowest BCUT2D eigenvalue weighted by atomic mass is 10.00. The summed E-state index contributed by atoms with van der Waals surface area (Å²) in [5, 5.41) is 19.9. The molecule has 5 rings (SSSR count). The molecule has 2 aliphatic heterocycles. The van der Waals surface area contributed by atoms with Gasteiger partial charge in [-0.1, -0.05) is 24.3 Å². The average Bonchev–Trinajstić information content (AvgIpc) is 3.23. The number of phenols is 2. The first-order valence-corrected chi connectivity index (χ1v) is 12.4. The van der Waals surface area contributed by atoms with Gasteiger partial charge in [-0.15, -0.1) is 24.2 Å². The third kappa shape index (κ3) is 5.40. The van der Waals surface area contributed by atoms with Gasteiger partial charge in [-0.2, -0.15) is 0 Å². The van der Waals surface area contributed by atoms with Gasteiger partial charge < -0.3 is 19.7 Å². The van der Waals surface area contributed by atoms with E-state index >= 15 is 0 Å². The molecule has 0 spiro atoms. The van der Waals surface area contributed by atoms with Gasteiger partial charge in [-0.05, 0) is 79.9 Å². The van der Waals surface area contributed by atoms with Crippen molar-refractivity contribution in [2.75, 3.05) is 19.7 Å². The van der Waals surface area contributed by atoms with Gasteiger partial charge in [0.1, 0.15) is 35.7 Å². The molecule has 7 heteroatoms. The molecule has 180 valence electrons. The number of ether oxygens (including phenoxy) is 2. The Kier molecular flexibility index (Phi) is 7.81. The minimum atomic E-state index is -0.242.